The molecule has 3 nitrogen and oxygen atoms in total. The molecule has 0 unspecified atom stereocenters. The third kappa shape index (κ3) is 3.69. The van der Waals surface area contributed by atoms with E-state index >= 15 is 0 Å². The van der Waals surface area contributed by atoms with Gasteiger partial charge >= 0.3 is 0 Å². The summed E-state index contributed by atoms with van der Waals surface area (Å²) in [6.07, 6.45) is 2.91. The molecule has 0 saturated carbocycles. The normalized spacial score (nSPS) is 11.1. The van der Waals surface area contributed by atoms with Gasteiger partial charge in [0.1, 0.15) is 0 Å². The minimum atomic E-state index is 0.680. The maximum absolute atomic E-state index is 5.92. The molecule has 0 saturated heterocycles. The highest BCUT2D eigenvalue weighted by Gasteiger charge is 2.09. The van der Waals surface area contributed by atoms with Gasteiger partial charge in [-0.1, -0.05) is 48.5 Å². The Morgan fingerprint density at radius 2 is 1.61 bits per heavy atom. The van der Waals surface area contributed by atoms with Crippen molar-refractivity contribution in [3.05, 3.63) is 60.8 Å². The fourth-order valence-electron chi connectivity index (χ4n) is 2.68. The molecule has 1 heterocycles. The monoisotopic (exact) mass is 306 g/mol. The zero-order valence-electron chi connectivity index (χ0n) is 13.7. The zero-order valence-corrected chi connectivity index (χ0v) is 13.7. The number of pyridine rings is 1. The lowest BCUT2D eigenvalue weighted by Crippen LogP contribution is -2.15. The Morgan fingerprint density at radius 3 is 2.35 bits per heavy atom. The number of fused-ring (bicyclic) bond motifs is 1. The number of nitrogens with zero attached hydrogens (tertiary/aromatic N) is 2. The minimum absolute atomic E-state index is 0.680. The third-order valence-electron chi connectivity index (χ3n) is 3.83. The second kappa shape index (κ2) is 7.25. The molecule has 118 valence electrons. The molecule has 0 fully saturated rings. The number of rotatable bonds is 6. The molecule has 0 aliphatic carbocycles. The molecule has 1 aromatic heterocycles. The Labute approximate surface area is 137 Å². The molecule has 23 heavy (non-hydrogen) atoms. The van der Waals surface area contributed by atoms with E-state index in [0.717, 1.165) is 29.8 Å². The molecular formula is C20H22N2O. The number of ether oxygens (including phenoxy) is 1. The fourth-order valence-corrected chi connectivity index (χ4v) is 2.68. The van der Waals surface area contributed by atoms with Crippen LogP contribution in [0.1, 0.15) is 6.42 Å². The summed E-state index contributed by atoms with van der Waals surface area (Å²) in [5.74, 6) is 0.721. The van der Waals surface area contributed by atoms with Crippen molar-refractivity contribution in [2.24, 2.45) is 0 Å². The quantitative estimate of drug-likeness (QED) is 0.637. The molecule has 2 aromatic carbocycles. The van der Waals surface area contributed by atoms with Gasteiger partial charge in [-0.15, -0.1) is 0 Å². The Bertz CT molecular complexity index is 769. The molecule has 0 radical (unpaired) electrons. The van der Waals surface area contributed by atoms with E-state index in [1.54, 1.807) is 0 Å². The standard InChI is InChI=1S/C20H22N2O/c1-22(2)13-8-14-23-20-18-12-7-6-11-17(18)19(15-21-20)16-9-4-3-5-10-16/h3-7,9-12,15H,8,13-14H2,1-2H3. The molecule has 3 rings (SSSR count). The second-order valence-electron chi connectivity index (χ2n) is 5.89. The lowest BCUT2D eigenvalue weighted by molar-refractivity contribution is 0.276. The predicted molar refractivity (Wildman–Crippen MR) is 95.8 cm³/mol. The average molecular weight is 306 g/mol. The van der Waals surface area contributed by atoms with Crippen LogP contribution in [0.15, 0.2) is 60.8 Å². The van der Waals surface area contributed by atoms with Crippen molar-refractivity contribution in [3.63, 3.8) is 0 Å². The van der Waals surface area contributed by atoms with Crippen LogP contribution >= 0.6 is 0 Å². The van der Waals surface area contributed by atoms with Crippen molar-refractivity contribution in [1.82, 2.24) is 9.88 Å². The van der Waals surface area contributed by atoms with Crippen LogP contribution in [-0.4, -0.2) is 37.1 Å². The van der Waals surface area contributed by atoms with Crippen molar-refractivity contribution < 1.29 is 4.74 Å². The van der Waals surface area contributed by atoms with Crippen LogP contribution in [-0.2, 0) is 0 Å². The SMILES string of the molecule is CN(C)CCCOc1ncc(-c2ccccc2)c2ccccc12. The van der Waals surface area contributed by atoms with Crippen LogP contribution in [0.5, 0.6) is 5.88 Å². The molecule has 0 bridgehead atoms. The Balaban J connectivity index is 1.90. The molecule has 0 N–H and O–H groups in total. The number of hydrogen-bond donors (Lipinski definition) is 0. The van der Waals surface area contributed by atoms with Crippen molar-refractivity contribution in [2.45, 2.75) is 6.42 Å². The van der Waals surface area contributed by atoms with Gasteiger partial charge in [-0.05, 0) is 37.5 Å². The highest BCUT2D eigenvalue weighted by atomic mass is 16.5. The summed E-state index contributed by atoms with van der Waals surface area (Å²) in [6.45, 7) is 1.69. The van der Waals surface area contributed by atoms with Crippen molar-refractivity contribution in [3.8, 4) is 17.0 Å². The summed E-state index contributed by atoms with van der Waals surface area (Å²) < 4.78 is 5.92. The van der Waals surface area contributed by atoms with Crippen LogP contribution in [0.3, 0.4) is 0 Å². The summed E-state index contributed by atoms with van der Waals surface area (Å²) in [5, 5.41) is 2.25. The van der Waals surface area contributed by atoms with E-state index in [1.807, 2.05) is 18.3 Å². The highest BCUT2D eigenvalue weighted by Crippen LogP contribution is 2.32. The van der Waals surface area contributed by atoms with E-state index in [-0.39, 0.29) is 0 Å². The lowest BCUT2D eigenvalue weighted by atomic mass is 10.0. The number of aromatic nitrogens is 1. The molecule has 0 atom stereocenters. The van der Waals surface area contributed by atoms with Gasteiger partial charge in [-0.2, -0.15) is 0 Å². The van der Waals surface area contributed by atoms with E-state index in [4.69, 9.17) is 4.74 Å². The van der Waals surface area contributed by atoms with Crippen molar-refractivity contribution >= 4 is 10.8 Å². The maximum Gasteiger partial charge on any atom is 0.221 e. The predicted octanol–water partition coefficient (Wildman–Crippen LogP) is 4.23. The first-order valence-corrected chi connectivity index (χ1v) is 7.96. The van der Waals surface area contributed by atoms with E-state index in [9.17, 15) is 0 Å². The summed E-state index contributed by atoms with van der Waals surface area (Å²) >= 11 is 0. The van der Waals surface area contributed by atoms with E-state index in [0.29, 0.717) is 6.61 Å². The highest BCUT2D eigenvalue weighted by molar-refractivity contribution is 5.98. The van der Waals surface area contributed by atoms with E-state index < -0.39 is 0 Å². The van der Waals surface area contributed by atoms with Gasteiger partial charge in [0.2, 0.25) is 5.88 Å². The molecule has 0 aliphatic rings. The van der Waals surface area contributed by atoms with E-state index in [1.165, 1.54) is 10.9 Å². The van der Waals surface area contributed by atoms with Gasteiger partial charge in [0.05, 0.1) is 6.61 Å². The van der Waals surface area contributed by atoms with Gasteiger partial charge < -0.3 is 9.64 Å². The van der Waals surface area contributed by atoms with Crippen LogP contribution in [0.25, 0.3) is 21.9 Å². The Kier molecular flexibility index (Phi) is 4.89. The lowest BCUT2D eigenvalue weighted by Gasteiger charge is -2.13. The zero-order chi connectivity index (χ0) is 16.1. The van der Waals surface area contributed by atoms with Crippen LogP contribution < -0.4 is 4.74 Å². The molecule has 3 aromatic rings. The third-order valence-corrected chi connectivity index (χ3v) is 3.83. The van der Waals surface area contributed by atoms with Crippen LogP contribution in [0.4, 0.5) is 0 Å². The van der Waals surface area contributed by atoms with Gasteiger partial charge in [-0.3, -0.25) is 0 Å². The smallest absolute Gasteiger partial charge is 0.221 e. The molecule has 0 spiro atoms. The van der Waals surface area contributed by atoms with Gasteiger partial charge in [0.25, 0.3) is 0 Å². The summed E-state index contributed by atoms with van der Waals surface area (Å²) in [5.41, 5.74) is 2.32. The Hall–Kier alpha value is -2.39. The first-order chi connectivity index (χ1) is 11.3. The first-order valence-electron chi connectivity index (χ1n) is 7.96. The van der Waals surface area contributed by atoms with Gasteiger partial charge in [0.15, 0.2) is 0 Å². The number of benzene rings is 2. The Morgan fingerprint density at radius 1 is 0.913 bits per heavy atom. The second-order valence-corrected chi connectivity index (χ2v) is 5.89. The van der Waals surface area contributed by atoms with Crippen LogP contribution in [0, 0.1) is 0 Å². The topological polar surface area (TPSA) is 25.4 Å². The first kappa shape index (κ1) is 15.5. The van der Waals surface area contributed by atoms with Gasteiger partial charge in [-0.25, -0.2) is 4.98 Å². The average Bonchev–Trinajstić information content (AvgIpc) is 2.59. The maximum atomic E-state index is 5.92. The fraction of sp³-hybridized carbons (Fsp3) is 0.250. The number of hydrogen-bond acceptors (Lipinski definition) is 3. The van der Waals surface area contributed by atoms with Crippen molar-refractivity contribution in [1.29, 1.82) is 0 Å². The largest absolute Gasteiger partial charge is 0.477 e. The van der Waals surface area contributed by atoms with Gasteiger partial charge in [0, 0.05) is 23.7 Å². The molecule has 0 aliphatic heterocycles. The van der Waals surface area contributed by atoms with E-state index in [2.05, 4.69) is 66.4 Å². The minimum Gasteiger partial charge on any atom is -0.477 e. The molecule has 3 heteroatoms. The summed E-state index contributed by atoms with van der Waals surface area (Å²) in [7, 11) is 4.14. The molecule has 0 amide bonds. The summed E-state index contributed by atoms with van der Waals surface area (Å²) in [4.78, 5) is 6.72. The van der Waals surface area contributed by atoms with Crippen LogP contribution in [0.2, 0.25) is 0 Å². The van der Waals surface area contributed by atoms with Crippen molar-refractivity contribution in [2.75, 3.05) is 27.2 Å². The summed E-state index contributed by atoms with van der Waals surface area (Å²) in [6, 6.07) is 18.7. The molecular weight excluding hydrogens is 284 g/mol.